The molecular formula is C17H21ClN2O. The lowest BCUT2D eigenvalue weighted by molar-refractivity contribution is 0.00599. The van der Waals surface area contributed by atoms with Crippen molar-refractivity contribution in [2.24, 2.45) is 0 Å². The molecule has 2 aromatic rings. The Morgan fingerprint density at radius 1 is 1.43 bits per heavy atom. The molecule has 2 heterocycles. The van der Waals surface area contributed by atoms with Gasteiger partial charge >= 0.3 is 0 Å². The highest BCUT2D eigenvalue weighted by molar-refractivity contribution is 6.31. The summed E-state index contributed by atoms with van der Waals surface area (Å²) in [4.78, 5) is 4.49. The molecule has 1 aliphatic rings. The SMILES string of the molecule is CCCC1CC(Nc2cc(Cl)cc3cccnc23)CCO1. The van der Waals surface area contributed by atoms with E-state index in [1.165, 1.54) is 6.42 Å². The molecule has 0 bridgehead atoms. The topological polar surface area (TPSA) is 34.2 Å². The zero-order valence-corrected chi connectivity index (χ0v) is 13.1. The second kappa shape index (κ2) is 6.63. The van der Waals surface area contributed by atoms with Gasteiger partial charge < -0.3 is 10.1 Å². The van der Waals surface area contributed by atoms with Crippen molar-refractivity contribution in [3.05, 3.63) is 35.5 Å². The minimum atomic E-state index is 0.375. The zero-order chi connectivity index (χ0) is 14.7. The van der Waals surface area contributed by atoms with E-state index >= 15 is 0 Å². The smallest absolute Gasteiger partial charge is 0.0934 e. The van der Waals surface area contributed by atoms with E-state index in [9.17, 15) is 0 Å². The van der Waals surface area contributed by atoms with E-state index in [1.54, 1.807) is 0 Å². The molecule has 3 rings (SSSR count). The Morgan fingerprint density at radius 3 is 3.19 bits per heavy atom. The molecule has 1 aromatic heterocycles. The molecule has 0 aliphatic carbocycles. The van der Waals surface area contributed by atoms with Gasteiger partial charge in [0.15, 0.2) is 0 Å². The van der Waals surface area contributed by atoms with Crippen molar-refractivity contribution in [1.29, 1.82) is 0 Å². The maximum Gasteiger partial charge on any atom is 0.0934 e. The van der Waals surface area contributed by atoms with Gasteiger partial charge in [-0.05, 0) is 37.5 Å². The molecule has 1 N–H and O–H groups in total. The van der Waals surface area contributed by atoms with Gasteiger partial charge in [0, 0.05) is 29.3 Å². The number of rotatable bonds is 4. The van der Waals surface area contributed by atoms with Crippen LogP contribution in [0.4, 0.5) is 5.69 Å². The summed E-state index contributed by atoms with van der Waals surface area (Å²) in [5, 5.41) is 5.45. The van der Waals surface area contributed by atoms with E-state index in [2.05, 4.69) is 17.2 Å². The van der Waals surface area contributed by atoms with E-state index < -0.39 is 0 Å². The molecule has 1 aromatic carbocycles. The minimum Gasteiger partial charge on any atom is -0.380 e. The summed E-state index contributed by atoms with van der Waals surface area (Å²) in [7, 11) is 0. The molecule has 21 heavy (non-hydrogen) atoms. The number of halogens is 1. The fourth-order valence-corrected chi connectivity index (χ4v) is 3.25. The fourth-order valence-electron chi connectivity index (χ4n) is 3.02. The van der Waals surface area contributed by atoms with E-state index in [0.29, 0.717) is 12.1 Å². The Labute approximate surface area is 130 Å². The Balaban J connectivity index is 1.81. The summed E-state index contributed by atoms with van der Waals surface area (Å²) in [6.45, 7) is 3.03. The third-order valence-electron chi connectivity index (χ3n) is 4.01. The number of anilines is 1. The van der Waals surface area contributed by atoms with Gasteiger partial charge in [-0.2, -0.15) is 0 Å². The van der Waals surface area contributed by atoms with Gasteiger partial charge in [0.25, 0.3) is 0 Å². The zero-order valence-electron chi connectivity index (χ0n) is 12.3. The number of nitrogens with one attached hydrogen (secondary N) is 1. The highest BCUT2D eigenvalue weighted by Gasteiger charge is 2.22. The van der Waals surface area contributed by atoms with Crippen LogP contribution in [-0.4, -0.2) is 23.7 Å². The molecule has 3 nitrogen and oxygen atoms in total. The molecule has 0 radical (unpaired) electrons. The second-order valence-corrected chi connectivity index (χ2v) is 6.11. The first-order valence-electron chi connectivity index (χ1n) is 7.68. The van der Waals surface area contributed by atoms with Gasteiger partial charge in [0.2, 0.25) is 0 Å². The molecule has 1 fully saturated rings. The number of hydrogen-bond acceptors (Lipinski definition) is 3. The molecule has 0 saturated carbocycles. The van der Waals surface area contributed by atoms with Crippen LogP contribution in [0, 0.1) is 0 Å². The molecule has 112 valence electrons. The van der Waals surface area contributed by atoms with Crippen molar-refractivity contribution in [2.45, 2.75) is 44.8 Å². The number of nitrogens with zero attached hydrogens (tertiary/aromatic N) is 1. The molecule has 1 saturated heterocycles. The molecule has 2 atom stereocenters. The average Bonchev–Trinajstić information content (AvgIpc) is 2.48. The van der Waals surface area contributed by atoms with Gasteiger partial charge in [-0.25, -0.2) is 0 Å². The number of benzene rings is 1. The maximum atomic E-state index is 6.23. The van der Waals surface area contributed by atoms with Gasteiger partial charge in [0.05, 0.1) is 17.3 Å². The number of hydrogen-bond donors (Lipinski definition) is 1. The van der Waals surface area contributed by atoms with Crippen molar-refractivity contribution in [3.8, 4) is 0 Å². The number of fused-ring (bicyclic) bond motifs is 1. The Morgan fingerprint density at radius 2 is 2.33 bits per heavy atom. The molecule has 1 aliphatic heterocycles. The van der Waals surface area contributed by atoms with Crippen molar-refractivity contribution in [3.63, 3.8) is 0 Å². The highest BCUT2D eigenvalue weighted by Crippen LogP contribution is 2.29. The summed E-state index contributed by atoms with van der Waals surface area (Å²) in [5.74, 6) is 0. The summed E-state index contributed by atoms with van der Waals surface area (Å²) in [6, 6.07) is 8.34. The first-order valence-corrected chi connectivity index (χ1v) is 8.06. The monoisotopic (exact) mass is 304 g/mol. The lowest BCUT2D eigenvalue weighted by Gasteiger charge is -2.31. The van der Waals surface area contributed by atoms with Crippen LogP contribution >= 0.6 is 11.6 Å². The van der Waals surface area contributed by atoms with Gasteiger partial charge in [-0.1, -0.05) is 31.0 Å². The molecular weight excluding hydrogens is 284 g/mol. The normalized spacial score (nSPS) is 22.4. The fraction of sp³-hybridized carbons (Fsp3) is 0.471. The van der Waals surface area contributed by atoms with Crippen LogP contribution in [0.3, 0.4) is 0 Å². The van der Waals surface area contributed by atoms with E-state index in [4.69, 9.17) is 16.3 Å². The van der Waals surface area contributed by atoms with Crippen LogP contribution in [0.1, 0.15) is 32.6 Å². The van der Waals surface area contributed by atoms with Crippen molar-refractivity contribution in [1.82, 2.24) is 4.98 Å². The third kappa shape index (κ3) is 3.47. The van der Waals surface area contributed by atoms with Crippen molar-refractivity contribution >= 4 is 28.2 Å². The van der Waals surface area contributed by atoms with Crippen molar-refractivity contribution in [2.75, 3.05) is 11.9 Å². The Hall–Kier alpha value is -1.32. The first kappa shape index (κ1) is 14.6. The molecule has 0 spiro atoms. The van der Waals surface area contributed by atoms with Crippen LogP contribution in [0.5, 0.6) is 0 Å². The quantitative estimate of drug-likeness (QED) is 0.893. The molecule has 2 unspecified atom stereocenters. The molecule has 0 amide bonds. The number of ether oxygens (including phenoxy) is 1. The van der Waals surface area contributed by atoms with E-state index in [-0.39, 0.29) is 0 Å². The predicted molar refractivity (Wildman–Crippen MR) is 88.0 cm³/mol. The lowest BCUT2D eigenvalue weighted by Crippen LogP contribution is -2.34. The molecule has 4 heteroatoms. The van der Waals surface area contributed by atoms with Crippen LogP contribution < -0.4 is 5.32 Å². The summed E-state index contributed by atoms with van der Waals surface area (Å²) < 4.78 is 5.82. The van der Waals surface area contributed by atoms with E-state index in [0.717, 1.165) is 47.5 Å². The van der Waals surface area contributed by atoms with Crippen LogP contribution in [0.25, 0.3) is 10.9 Å². The number of aromatic nitrogens is 1. The van der Waals surface area contributed by atoms with Gasteiger partial charge in [-0.15, -0.1) is 0 Å². The van der Waals surface area contributed by atoms with Crippen LogP contribution in [0.15, 0.2) is 30.5 Å². The first-order chi connectivity index (χ1) is 10.3. The van der Waals surface area contributed by atoms with Crippen molar-refractivity contribution < 1.29 is 4.74 Å². The maximum absolute atomic E-state index is 6.23. The standard InChI is InChI=1S/C17H21ClN2O/c1-2-4-15-11-14(6-8-21-15)20-16-10-13(18)9-12-5-3-7-19-17(12)16/h3,5,7,9-10,14-15,20H,2,4,6,8,11H2,1H3. The Kier molecular flexibility index (Phi) is 4.61. The van der Waals surface area contributed by atoms with Gasteiger partial charge in [-0.3, -0.25) is 4.98 Å². The predicted octanol–water partition coefficient (Wildman–Crippen LogP) is 4.65. The summed E-state index contributed by atoms with van der Waals surface area (Å²) in [6.07, 6.45) is 6.58. The van der Waals surface area contributed by atoms with Crippen LogP contribution in [0.2, 0.25) is 5.02 Å². The minimum absolute atomic E-state index is 0.375. The average molecular weight is 305 g/mol. The summed E-state index contributed by atoms with van der Waals surface area (Å²) >= 11 is 6.23. The second-order valence-electron chi connectivity index (χ2n) is 5.68. The highest BCUT2D eigenvalue weighted by atomic mass is 35.5. The number of pyridine rings is 1. The summed E-state index contributed by atoms with van der Waals surface area (Å²) in [5.41, 5.74) is 2.01. The van der Waals surface area contributed by atoms with Crippen LogP contribution in [-0.2, 0) is 4.74 Å². The van der Waals surface area contributed by atoms with E-state index in [1.807, 2.05) is 30.5 Å². The lowest BCUT2D eigenvalue weighted by atomic mass is 9.99. The van der Waals surface area contributed by atoms with Gasteiger partial charge in [0.1, 0.15) is 0 Å². The Bertz CT molecular complexity index is 615. The largest absolute Gasteiger partial charge is 0.380 e. The third-order valence-corrected chi connectivity index (χ3v) is 4.23.